The fourth-order valence-corrected chi connectivity index (χ4v) is 6.45. The van der Waals surface area contributed by atoms with Crippen LogP contribution in [0, 0.1) is 19.8 Å². The lowest BCUT2D eigenvalue weighted by Crippen LogP contribution is -2.56. The van der Waals surface area contributed by atoms with Gasteiger partial charge in [-0.15, -0.1) is 0 Å². The number of nitrogens with zero attached hydrogens (tertiary/aromatic N) is 1. The molecule has 3 aliphatic heterocycles. The van der Waals surface area contributed by atoms with E-state index in [1.807, 2.05) is 37.3 Å². The molecule has 6 rings (SSSR count). The number of hydrogen-bond acceptors (Lipinski definition) is 3. The Labute approximate surface area is 194 Å². The third-order valence-corrected chi connectivity index (χ3v) is 7.97. The van der Waals surface area contributed by atoms with Crippen LogP contribution in [0.25, 0.3) is 0 Å². The number of rotatable bonds is 4. The summed E-state index contributed by atoms with van der Waals surface area (Å²) >= 11 is 0. The van der Waals surface area contributed by atoms with Gasteiger partial charge in [0, 0.05) is 17.6 Å². The Bertz CT molecular complexity index is 1130. The molecule has 5 nitrogen and oxygen atoms in total. The zero-order chi connectivity index (χ0) is 22.7. The number of anilines is 1. The molecule has 0 unspecified atom stereocenters. The number of amides is 2. The van der Waals surface area contributed by atoms with E-state index in [2.05, 4.69) is 42.6 Å². The molecule has 0 aromatic heterocycles. The Balaban J connectivity index is 1.45. The summed E-state index contributed by atoms with van der Waals surface area (Å²) in [5, 5.41) is 3.26. The van der Waals surface area contributed by atoms with Crippen molar-refractivity contribution in [2.45, 2.75) is 69.2 Å². The summed E-state index contributed by atoms with van der Waals surface area (Å²) in [7, 11) is 0. The molecule has 3 heterocycles. The van der Waals surface area contributed by atoms with Crippen LogP contribution in [-0.2, 0) is 14.3 Å². The number of aryl methyl sites for hydroxylation is 2. The second-order valence-corrected chi connectivity index (χ2v) is 10.1. The molecule has 5 atom stereocenters. The van der Waals surface area contributed by atoms with Gasteiger partial charge in [-0.05, 0) is 49.9 Å². The number of hydrogen-bond donors (Lipinski definition) is 1. The van der Waals surface area contributed by atoms with Crippen LogP contribution in [0.3, 0.4) is 0 Å². The monoisotopic (exact) mass is 442 g/mol. The molecule has 1 aliphatic carbocycles. The van der Waals surface area contributed by atoms with Crippen LogP contribution in [0.4, 0.5) is 5.69 Å². The Morgan fingerprint density at radius 1 is 1.06 bits per heavy atom. The number of carbonyl (C=O) groups excluding carboxylic acids is 2. The maximum absolute atomic E-state index is 14.1. The normalized spacial score (nSPS) is 32.5. The molecule has 0 radical (unpaired) electrons. The van der Waals surface area contributed by atoms with Crippen molar-refractivity contribution >= 4 is 17.5 Å². The third kappa shape index (κ3) is 3.09. The smallest absolute Gasteiger partial charge is 0.246 e. The van der Waals surface area contributed by atoms with Crippen LogP contribution in [0.5, 0.6) is 0 Å². The van der Waals surface area contributed by atoms with Crippen molar-refractivity contribution in [3.05, 3.63) is 77.4 Å². The molecule has 3 fully saturated rings. The topological polar surface area (TPSA) is 58.6 Å². The van der Waals surface area contributed by atoms with Crippen LogP contribution >= 0.6 is 0 Å². The van der Waals surface area contributed by atoms with Gasteiger partial charge < -0.3 is 10.1 Å². The van der Waals surface area contributed by atoms with Crippen molar-refractivity contribution < 1.29 is 14.3 Å². The average Bonchev–Trinajstić information content (AvgIpc) is 3.56. The van der Waals surface area contributed by atoms with Gasteiger partial charge in [-0.2, -0.15) is 0 Å². The summed E-state index contributed by atoms with van der Waals surface area (Å²) in [6.07, 6.45) is 8.14. The number of carbonyl (C=O) groups is 2. The average molecular weight is 443 g/mol. The summed E-state index contributed by atoms with van der Waals surface area (Å²) in [6, 6.07) is 15.7. The SMILES string of the molecule is Cc1ccc([C@H]2[C@H]3C(=O)N(c4cccc(C)c4)[C@@H](C(=O)NC4CCCC4)[C@@]34C=C[C@H]2O4)cc1. The third-order valence-electron chi connectivity index (χ3n) is 7.97. The summed E-state index contributed by atoms with van der Waals surface area (Å²) < 4.78 is 6.60. The summed E-state index contributed by atoms with van der Waals surface area (Å²) in [6.45, 7) is 4.07. The van der Waals surface area contributed by atoms with Gasteiger partial charge in [-0.3, -0.25) is 14.5 Å². The zero-order valence-corrected chi connectivity index (χ0v) is 19.2. The highest BCUT2D eigenvalue weighted by Gasteiger charge is 2.71. The van der Waals surface area contributed by atoms with E-state index in [1.165, 1.54) is 5.56 Å². The van der Waals surface area contributed by atoms with E-state index in [0.29, 0.717) is 0 Å². The Hall–Kier alpha value is -2.92. The maximum Gasteiger partial charge on any atom is 0.246 e. The largest absolute Gasteiger partial charge is 0.359 e. The van der Waals surface area contributed by atoms with Crippen molar-refractivity contribution in [1.82, 2.24) is 5.32 Å². The minimum absolute atomic E-state index is 0.0235. The molecule has 2 amide bonds. The minimum Gasteiger partial charge on any atom is -0.359 e. The molecule has 1 N–H and O–H groups in total. The molecule has 170 valence electrons. The van der Waals surface area contributed by atoms with E-state index >= 15 is 0 Å². The van der Waals surface area contributed by atoms with E-state index in [-0.39, 0.29) is 29.9 Å². The van der Waals surface area contributed by atoms with Crippen molar-refractivity contribution in [3.63, 3.8) is 0 Å². The molecule has 33 heavy (non-hydrogen) atoms. The quantitative estimate of drug-likeness (QED) is 0.723. The van der Waals surface area contributed by atoms with Gasteiger partial charge in [0.25, 0.3) is 0 Å². The second-order valence-electron chi connectivity index (χ2n) is 10.1. The predicted molar refractivity (Wildman–Crippen MR) is 127 cm³/mol. The number of nitrogens with one attached hydrogen (secondary N) is 1. The first-order valence-electron chi connectivity index (χ1n) is 12.1. The Morgan fingerprint density at radius 3 is 2.55 bits per heavy atom. The van der Waals surface area contributed by atoms with Crippen molar-refractivity contribution in [3.8, 4) is 0 Å². The lowest BCUT2D eigenvalue weighted by Gasteiger charge is -2.33. The van der Waals surface area contributed by atoms with Gasteiger partial charge in [0.15, 0.2) is 0 Å². The molecular formula is C28H30N2O3. The van der Waals surface area contributed by atoms with Crippen molar-refractivity contribution in [1.29, 1.82) is 0 Å². The van der Waals surface area contributed by atoms with Crippen LogP contribution in [0.2, 0.25) is 0 Å². The van der Waals surface area contributed by atoms with Gasteiger partial charge in [0.1, 0.15) is 11.6 Å². The van der Waals surface area contributed by atoms with Crippen LogP contribution < -0.4 is 10.2 Å². The van der Waals surface area contributed by atoms with E-state index in [9.17, 15) is 9.59 Å². The molecule has 2 bridgehead atoms. The first kappa shape index (κ1) is 20.7. The zero-order valence-electron chi connectivity index (χ0n) is 19.2. The first-order valence-corrected chi connectivity index (χ1v) is 12.1. The highest BCUT2D eigenvalue weighted by Crippen LogP contribution is 2.59. The Kier molecular flexibility index (Phi) is 4.73. The number of ether oxygens (including phenoxy) is 1. The highest BCUT2D eigenvalue weighted by molar-refractivity contribution is 6.09. The van der Waals surface area contributed by atoms with E-state index in [0.717, 1.165) is 42.5 Å². The summed E-state index contributed by atoms with van der Waals surface area (Å²) in [5.41, 5.74) is 3.15. The van der Waals surface area contributed by atoms with Crippen LogP contribution in [0.15, 0.2) is 60.7 Å². The minimum atomic E-state index is -0.941. The summed E-state index contributed by atoms with van der Waals surface area (Å²) in [5.74, 6) is -0.645. The van der Waals surface area contributed by atoms with E-state index < -0.39 is 17.6 Å². The molecule has 2 aromatic carbocycles. The van der Waals surface area contributed by atoms with Crippen LogP contribution in [-0.4, -0.2) is 35.6 Å². The predicted octanol–water partition coefficient (Wildman–Crippen LogP) is 4.18. The first-order chi connectivity index (χ1) is 16.0. The second kappa shape index (κ2) is 7.56. The van der Waals surface area contributed by atoms with Gasteiger partial charge in [-0.25, -0.2) is 0 Å². The molecule has 2 aromatic rings. The van der Waals surface area contributed by atoms with Gasteiger partial charge in [0.05, 0.1) is 12.0 Å². The fourth-order valence-electron chi connectivity index (χ4n) is 6.45. The van der Waals surface area contributed by atoms with Gasteiger partial charge >= 0.3 is 0 Å². The number of fused-ring (bicyclic) bond motifs is 1. The number of benzene rings is 2. The fraction of sp³-hybridized carbons (Fsp3) is 0.429. The maximum atomic E-state index is 14.1. The molecule has 1 saturated carbocycles. The lowest BCUT2D eigenvalue weighted by molar-refractivity contribution is -0.127. The molecular weight excluding hydrogens is 412 g/mol. The van der Waals surface area contributed by atoms with Gasteiger partial charge in [-0.1, -0.05) is 67.0 Å². The molecule has 4 aliphatic rings. The Morgan fingerprint density at radius 2 is 1.82 bits per heavy atom. The van der Waals surface area contributed by atoms with Crippen LogP contribution in [0.1, 0.15) is 48.3 Å². The summed E-state index contributed by atoms with van der Waals surface area (Å²) in [4.78, 5) is 29.6. The molecule has 5 heteroatoms. The van der Waals surface area contributed by atoms with Crippen molar-refractivity contribution in [2.24, 2.45) is 5.92 Å². The van der Waals surface area contributed by atoms with Gasteiger partial charge in [0.2, 0.25) is 11.8 Å². The molecule has 2 saturated heterocycles. The standard InChI is InChI=1S/C28H30N2O3/c1-17-10-12-19(13-11-17)23-22-14-15-28(33-22)24(23)27(32)30(21-9-5-6-18(2)16-21)25(28)26(31)29-20-7-3-4-8-20/h5-6,9-16,20,22-25H,3-4,7-8H2,1-2H3,(H,29,31)/t22-,23-,24+,25+,28-/m1/s1. The molecule has 1 spiro atoms. The lowest BCUT2D eigenvalue weighted by atomic mass is 9.72. The van der Waals surface area contributed by atoms with E-state index in [4.69, 9.17) is 4.74 Å². The van der Waals surface area contributed by atoms with Crippen molar-refractivity contribution in [2.75, 3.05) is 4.90 Å². The highest BCUT2D eigenvalue weighted by atomic mass is 16.5. The van der Waals surface area contributed by atoms with E-state index in [1.54, 1.807) is 4.90 Å².